The van der Waals surface area contributed by atoms with Crippen LogP contribution in [0.5, 0.6) is 0 Å². The Kier molecular flexibility index (Phi) is 5.78. The average molecular weight is 316 g/mol. The zero-order valence-electron chi connectivity index (χ0n) is 12.1. The van der Waals surface area contributed by atoms with E-state index in [0.29, 0.717) is 23.5 Å². The van der Waals surface area contributed by atoms with Crippen LogP contribution in [-0.4, -0.2) is 27.3 Å². The predicted octanol–water partition coefficient (Wildman–Crippen LogP) is 3.39. The zero-order valence-corrected chi connectivity index (χ0v) is 13.6. The minimum absolute atomic E-state index is 0.190. The highest BCUT2D eigenvalue weighted by Gasteiger charge is 2.24. The average Bonchev–Trinajstić information content (AvgIpc) is 2.91. The molecular weight excluding hydrogens is 294 g/mol. The van der Waals surface area contributed by atoms with Gasteiger partial charge in [-0.25, -0.2) is 4.68 Å². The van der Waals surface area contributed by atoms with Crippen molar-refractivity contribution in [2.24, 2.45) is 0 Å². The number of unbranched alkanes of at least 4 members (excludes halogenated alkanes) is 1. The van der Waals surface area contributed by atoms with Crippen molar-refractivity contribution in [2.45, 2.75) is 56.9 Å². The fourth-order valence-electron chi connectivity index (χ4n) is 2.54. The number of aryl methyl sites for hydroxylation is 1. The third-order valence-electron chi connectivity index (χ3n) is 3.79. The molecule has 1 aliphatic rings. The number of aromatic nitrogens is 2. The second-order valence-electron chi connectivity index (χ2n) is 5.27. The van der Waals surface area contributed by atoms with E-state index in [4.69, 9.17) is 11.6 Å². The molecule has 2 rings (SSSR count). The molecule has 1 heterocycles. The van der Waals surface area contributed by atoms with Crippen LogP contribution in [0.4, 0.5) is 5.69 Å². The SMILES string of the molecule is CCCCn1ncc(NC2CCC(SC)C2)c(Cl)c1=O. The van der Waals surface area contributed by atoms with E-state index >= 15 is 0 Å². The molecule has 0 aromatic carbocycles. The molecule has 0 radical (unpaired) electrons. The number of thioether (sulfide) groups is 1. The summed E-state index contributed by atoms with van der Waals surface area (Å²) in [6.45, 7) is 2.72. The smallest absolute Gasteiger partial charge is 0.287 e. The number of hydrogen-bond donors (Lipinski definition) is 1. The summed E-state index contributed by atoms with van der Waals surface area (Å²) in [6, 6.07) is 0.401. The molecule has 1 aromatic heterocycles. The number of hydrogen-bond acceptors (Lipinski definition) is 4. The van der Waals surface area contributed by atoms with Gasteiger partial charge in [0.15, 0.2) is 0 Å². The maximum atomic E-state index is 12.1. The summed E-state index contributed by atoms with van der Waals surface area (Å²) < 4.78 is 1.45. The minimum Gasteiger partial charge on any atom is -0.380 e. The molecule has 1 fully saturated rings. The molecule has 0 amide bonds. The van der Waals surface area contributed by atoms with E-state index in [9.17, 15) is 4.79 Å². The summed E-state index contributed by atoms with van der Waals surface area (Å²) in [5, 5.41) is 8.57. The second kappa shape index (κ2) is 7.36. The largest absolute Gasteiger partial charge is 0.380 e. The van der Waals surface area contributed by atoms with Gasteiger partial charge in [0.2, 0.25) is 0 Å². The summed E-state index contributed by atoms with van der Waals surface area (Å²) in [5.41, 5.74) is 0.487. The van der Waals surface area contributed by atoms with Crippen LogP contribution in [0.3, 0.4) is 0 Å². The first-order valence-electron chi connectivity index (χ1n) is 7.20. The summed E-state index contributed by atoms with van der Waals surface area (Å²) in [6.07, 6.45) is 9.27. The first-order chi connectivity index (χ1) is 9.65. The molecule has 112 valence electrons. The van der Waals surface area contributed by atoms with Gasteiger partial charge < -0.3 is 5.32 Å². The van der Waals surface area contributed by atoms with Gasteiger partial charge in [-0.3, -0.25) is 4.79 Å². The Bertz CT molecular complexity index is 506. The van der Waals surface area contributed by atoms with Crippen LogP contribution in [0, 0.1) is 0 Å². The van der Waals surface area contributed by atoms with E-state index in [1.165, 1.54) is 11.1 Å². The molecule has 1 saturated carbocycles. The number of halogens is 1. The van der Waals surface area contributed by atoms with Crippen molar-refractivity contribution < 1.29 is 0 Å². The predicted molar refractivity (Wildman–Crippen MR) is 87.0 cm³/mol. The maximum absolute atomic E-state index is 12.1. The van der Waals surface area contributed by atoms with Crippen LogP contribution < -0.4 is 10.9 Å². The van der Waals surface area contributed by atoms with Crippen molar-refractivity contribution in [3.63, 3.8) is 0 Å². The maximum Gasteiger partial charge on any atom is 0.287 e. The lowest BCUT2D eigenvalue weighted by Crippen LogP contribution is -2.26. The van der Waals surface area contributed by atoms with Crippen molar-refractivity contribution in [1.29, 1.82) is 0 Å². The lowest BCUT2D eigenvalue weighted by atomic mass is 10.2. The first-order valence-corrected chi connectivity index (χ1v) is 8.87. The van der Waals surface area contributed by atoms with E-state index in [1.54, 1.807) is 6.20 Å². The third kappa shape index (κ3) is 3.70. The molecule has 4 nitrogen and oxygen atoms in total. The highest BCUT2D eigenvalue weighted by Crippen LogP contribution is 2.31. The second-order valence-corrected chi connectivity index (χ2v) is 6.78. The van der Waals surface area contributed by atoms with Gasteiger partial charge in [-0.2, -0.15) is 16.9 Å². The summed E-state index contributed by atoms with van der Waals surface area (Å²) in [4.78, 5) is 12.1. The van der Waals surface area contributed by atoms with Gasteiger partial charge in [-0.15, -0.1) is 0 Å². The van der Waals surface area contributed by atoms with E-state index in [1.807, 2.05) is 11.8 Å². The Morgan fingerprint density at radius 1 is 1.55 bits per heavy atom. The van der Waals surface area contributed by atoms with E-state index in [0.717, 1.165) is 25.7 Å². The Labute approximate surface area is 129 Å². The van der Waals surface area contributed by atoms with Gasteiger partial charge in [0.25, 0.3) is 5.56 Å². The summed E-state index contributed by atoms with van der Waals surface area (Å²) >= 11 is 8.10. The van der Waals surface area contributed by atoms with Gasteiger partial charge >= 0.3 is 0 Å². The highest BCUT2D eigenvalue weighted by atomic mass is 35.5. The molecule has 2 unspecified atom stereocenters. The van der Waals surface area contributed by atoms with Crippen molar-refractivity contribution >= 4 is 29.1 Å². The fraction of sp³-hybridized carbons (Fsp3) is 0.714. The number of rotatable bonds is 6. The van der Waals surface area contributed by atoms with E-state index < -0.39 is 0 Å². The summed E-state index contributed by atoms with van der Waals surface area (Å²) in [7, 11) is 0. The van der Waals surface area contributed by atoms with Crippen LogP contribution in [0.15, 0.2) is 11.0 Å². The molecule has 2 atom stereocenters. The Morgan fingerprint density at radius 2 is 2.35 bits per heavy atom. The lowest BCUT2D eigenvalue weighted by Gasteiger charge is -2.15. The van der Waals surface area contributed by atoms with Gasteiger partial charge in [0.05, 0.1) is 11.9 Å². The molecular formula is C14H22ClN3OS. The molecule has 1 aromatic rings. The van der Waals surface area contributed by atoms with Crippen LogP contribution in [0.1, 0.15) is 39.0 Å². The van der Waals surface area contributed by atoms with E-state index in [2.05, 4.69) is 23.6 Å². The van der Waals surface area contributed by atoms with Crippen LogP contribution in [-0.2, 0) is 6.54 Å². The van der Waals surface area contributed by atoms with Gasteiger partial charge in [-0.1, -0.05) is 24.9 Å². The Morgan fingerprint density at radius 3 is 3.00 bits per heavy atom. The Hall–Kier alpha value is -0.680. The molecule has 6 heteroatoms. The normalized spacial score (nSPS) is 22.1. The minimum atomic E-state index is -0.190. The molecule has 0 spiro atoms. The fourth-order valence-corrected chi connectivity index (χ4v) is 3.54. The highest BCUT2D eigenvalue weighted by molar-refractivity contribution is 7.99. The molecule has 0 aliphatic heterocycles. The zero-order chi connectivity index (χ0) is 14.5. The van der Waals surface area contributed by atoms with Crippen LogP contribution in [0.2, 0.25) is 5.02 Å². The van der Waals surface area contributed by atoms with Crippen molar-refractivity contribution in [1.82, 2.24) is 9.78 Å². The molecule has 0 saturated heterocycles. The molecule has 1 N–H and O–H groups in total. The van der Waals surface area contributed by atoms with Gasteiger partial charge in [0.1, 0.15) is 5.02 Å². The summed E-state index contributed by atoms with van der Waals surface area (Å²) in [5.74, 6) is 0. The topological polar surface area (TPSA) is 46.9 Å². The standard InChI is InChI=1S/C14H22ClN3OS/c1-3-4-7-18-14(19)13(15)12(9-16-18)17-10-5-6-11(8-10)20-2/h9-11,17H,3-8H2,1-2H3. The first kappa shape index (κ1) is 15.7. The third-order valence-corrected chi connectivity index (χ3v) is 5.25. The van der Waals surface area contributed by atoms with Gasteiger partial charge in [0, 0.05) is 17.8 Å². The van der Waals surface area contributed by atoms with Crippen LogP contribution >= 0.6 is 23.4 Å². The van der Waals surface area contributed by atoms with Crippen molar-refractivity contribution in [2.75, 3.05) is 11.6 Å². The molecule has 0 bridgehead atoms. The number of nitrogens with one attached hydrogen (secondary N) is 1. The monoisotopic (exact) mass is 315 g/mol. The lowest BCUT2D eigenvalue weighted by molar-refractivity contribution is 0.543. The van der Waals surface area contributed by atoms with Gasteiger partial charge in [-0.05, 0) is 31.9 Å². The quantitative estimate of drug-likeness (QED) is 0.874. The van der Waals surface area contributed by atoms with E-state index in [-0.39, 0.29) is 10.6 Å². The van der Waals surface area contributed by atoms with Crippen molar-refractivity contribution in [3.8, 4) is 0 Å². The molecule has 20 heavy (non-hydrogen) atoms. The number of anilines is 1. The van der Waals surface area contributed by atoms with Crippen LogP contribution in [0.25, 0.3) is 0 Å². The van der Waals surface area contributed by atoms with Crippen molar-refractivity contribution in [3.05, 3.63) is 21.6 Å². The Balaban J connectivity index is 2.06. The number of nitrogens with zero attached hydrogens (tertiary/aromatic N) is 2. The molecule has 1 aliphatic carbocycles.